The van der Waals surface area contributed by atoms with Gasteiger partial charge in [0, 0.05) is 12.1 Å². The van der Waals surface area contributed by atoms with Crippen molar-refractivity contribution in [1.29, 1.82) is 0 Å². The smallest absolute Gasteiger partial charge is 0.368 e. The van der Waals surface area contributed by atoms with Gasteiger partial charge in [-0.05, 0) is 12.5 Å². The number of hydrogen-bond acceptors (Lipinski definition) is 3. The van der Waals surface area contributed by atoms with Crippen LogP contribution in [0.3, 0.4) is 0 Å². The molecule has 0 aromatic carbocycles. The molecule has 1 heterocycles. The van der Waals surface area contributed by atoms with Crippen LogP contribution in [0.25, 0.3) is 0 Å². The summed E-state index contributed by atoms with van der Waals surface area (Å²) in [6.07, 6.45) is -5.39. The number of aryl methyl sites for hydroxylation is 1. The van der Waals surface area contributed by atoms with Gasteiger partial charge in [0.15, 0.2) is 0 Å². The molecule has 14 heavy (non-hydrogen) atoms. The van der Waals surface area contributed by atoms with Gasteiger partial charge in [0.1, 0.15) is 5.15 Å². The molecular weight excluding hydrogens is 219 g/mol. The molecule has 0 aliphatic heterocycles. The first-order valence-electron chi connectivity index (χ1n) is 3.72. The van der Waals surface area contributed by atoms with Crippen molar-refractivity contribution in [2.75, 3.05) is 5.73 Å². The number of nitrogens with two attached hydrogens (primary N) is 1. The highest BCUT2D eigenvalue weighted by atomic mass is 35.5. The van der Waals surface area contributed by atoms with Gasteiger partial charge < -0.3 is 5.73 Å². The Balaban J connectivity index is 2.68. The second-order valence-corrected chi connectivity index (χ2v) is 3.04. The first kappa shape index (κ1) is 11.0. The van der Waals surface area contributed by atoms with Crippen LogP contribution < -0.4 is 5.73 Å². The van der Waals surface area contributed by atoms with Crippen LogP contribution in [-0.4, -0.2) is 16.1 Å². The monoisotopic (exact) mass is 225 g/mol. The first-order chi connectivity index (χ1) is 6.37. The molecule has 0 aliphatic carbocycles. The number of hydrogen-bond donors (Lipinski definition) is 1. The first-order valence-corrected chi connectivity index (χ1v) is 4.10. The van der Waals surface area contributed by atoms with Gasteiger partial charge in [0.25, 0.3) is 0 Å². The van der Waals surface area contributed by atoms with Crippen molar-refractivity contribution >= 4 is 17.5 Å². The molecule has 78 valence electrons. The quantitative estimate of drug-likeness (QED) is 0.785. The average molecular weight is 226 g/mol. The second kappa shape index (κ2) is 4.00. The average Bonchev–Trinajstić information content (AvgIpc) is 1.97. The van der Waals surface area contributed by atoms with E-state index in [-0.39, 0.29) is 23.2 Å². The Labute approximate surface area is 83.1 Å². The van der Waals surface area contributed by atoms with Crippen molar-refractivity contribution in [2.24, 2.45) is 0 Å². The predicted molar refractivity (Wildman–Crippen MR) is 45.8 cm³/mol. The van der Waals surface area contributed by atoms with Crippen LogP contribution in [0.1, 0.15) is 12.1 Å². The summed E-state index contributed by atoms with van der Waals surface area (Å²) in [4.78, 5) is 7.15. The molecule has 0 saturated carbocycles. The molecule has 0 amide bonds. The van der Waals surface area contributed by atoms with Crippen molar-refractivity contribution in [2.45, 2.75) is 19.0 Å². The molecule has 0 fully saturated rings. The van der Waals surface area contributed by atoms with Gasteiger partial charge in [-0.2, -0.15) is 13.2 Å². The summed E-state index contributed by atoms with van der Waals surface area (Å²) in [6, 6.07) is 1.27. The summed E-state index contributed by atoms with van der Waals surface area (Å²) < 4.78 is 35.5. The summed E-state index contributed by atoms with van der Waals surface area (Å²) in [5, 5.41) is 0.0506. The Kier molecular flexibility index (Phi) is 3.15. The molecule has 1 aromatic rings. The minimum atomic E-state index is -4.20. The Morgan fingerprint density at radius 1 is 1.36 bits per heavy atom. The lowest BCUT2D eigenvalue weighted by Gasteiger charge is -2.05. The molecule has 0 atom stereocenters. The highest BCUT2D eigenvalue weighted by molar-refractivity contribution is 6.29. The lowest BCUT2D eigenvalue weighted by atomic mass is 10.2. The van der Waals surface area contributed by atoms with Crippen LogP contribution in [0.5, 0.6) is 0 Å². The summed E-state index contributed by atoms with van der Waals surface area (Å²) in [5.41, 5.74) is 5.41. The fourth-order valence-electron chi connectivity index (χ4n) is 0.881. The standard InChI is InChI=1S/C7H7ClF3N3/c8-5-3-4(13-6(12)14-5)1-2-7(9,10)11/h3H,1-2H2,(H2,12,13,14). The number of nitrogen functional groups attached to an aromatic ring is 1. The number of anilines is 1. The van der Waals surface area contributed by atoms with Crippen LogP contribution in [0, 0.1) is 0 Å². The molecule has 3 nitrogen and oxygen atoms in total. The number of rotatable bonds is 2. The summed E-state index contributed by atoms with van der Waals surface area (Å²) in [7, 11) is 0. The zero-order valence-corrected chi connectivity index (χ0v) is 7.73. The zero-order chi connectivity index (χ0) is 10.8. The van der Waals surface area contributed by atoms with Gasteiger partial charge in [-0.1, -0.05) is 11.6 Å². The second-order valence-electron chi connectivity index (χ2n) is 2.66. The normalized spacial score (nSPS) is 11.7. The van der Waals surface area contributed by atoms with Gasteiger partial charge in [0.05, 0.1) is 0 Å². The van der Waals surface area contributed by atoms with Gasteiger partial charge in [-0.3, -0.25) is 0 Å². The minimum absolute atomic E-state index is 0.0506. The van der Waals surface area contributed by atoms with E-state index in [1.165, 1.54) is 6.07 Å². The van der Waals surface area contributed by atoms with Crippen LogP contribution in [0.2, 0.25) is 5.15 Å². The number of halogens is 4. The molecule has 0 saturated heterocycles. The Morgan fingerprint density at radius 2 is 2.00 bits per heavy atom. The summed E-state index contributed by atoms with van der Waals surface area (Å²) in [6.45, 7) is 0. The van der Waals surface area contributed by atoms with Gasteiger partial charge >= 0.3 is 6.18 Å². The van der Waals surface area contributed by atoms with E-state index < -0.39 is 12.6 Å². The molecule has 0 radical (unpaired) electrons. The number of alkyl halides is 3. The molecule has 7 heteroatoms. The molecule has 0 bridgehead atoms. The fourth-order valence-corrected chi connectivity index (χ4v) is 1.09. The molecule has 0 aliphatic rings. The molecule has 1 aromatic heterocycles. The van der Waals surface area contributed by atoms with Crippen LogP contribution in [0.4, 0.5) is 19.1 Å². The van der Waals surface area contributed by atoms with E-state index in [1.54, 1.807) is 0 Å². The van der Waals surface area contributed by atoms with E-state index in [0.717, 1.165) is 0 Å². The Hall–Kier alpha value is -1.04. The van der Waals surface area contributed by atoms with Crippen molar-refractivity contribution < 1.29 is 13.2 Å². The largest absolute Gasteiger partial charge is 0.389 e. The minimum Gasteiger partial charge on any atom is -0.368 e. The number of aromatic nitrogens is 2. The van der Waals surface area contributed by atoms with E-state index in [9.17, 15) is 13.2 Å². The van der Waals surface area contributed by atoms with Crippen LogP contribution >= 0.6 is 11.6 Å². The van der Waals surface area contributed by atoms with Crippen molar-refractivity contribution in [1.82, 2.24) is 9.97 Å². The van der Waals surface area contributed by atoms with Gasteiger partial charge in [0.2, 0.25) is 5.95 Å². The maximum Gasteiger partial charge on any atom is 0.389 e. The van der Waals surface area contributed by atoms with Crippen molar-refractivity contribution in [3.05, 3.63) is 16.9 Å². The molecule has 2 N–H and O–H groups in total. The molecule has 0 spiro atoms. The van der Waals surface area contributed by atoms with Gasteiger partial charge in [-0.15, -0.1) is 0 Å². The third-order valence-corrected chi connectivity index (χ3v) is 1.62. The predicted octanol–water partition coefficient (Wildman–Crippen LogP) is 2.21. The third-order valence-electron chi connectivity index (χ3n) is 1.43. The lowest BCUT2D eigenvalue weighted by Crippen LogP contribution is -2.10. The highest BCUT2D eigenvalue weighted by Gasteiger charge is 2.26. The van der Waals surface area contributed by atoms with E-state index >= 15 is 0 Å². The highest BCUT2D eigenvalue weighted by Crippen LogP contribution is 2.22. The van der Waals surface area contributed by atoms with Crippen molar-refractivity contribution in [3.63, 3.8) is 0 Å². The third kappa shape index (κ3) is 3.78. The van der Waals surface area contributed by atoms with E-state index in [4.69, 9.17) is 17.3 Å². The van der Waals surface area contributed by atoms with E-state index in [2.05, 4.69) is 9.97 Å². The topological polar surface area (TPSA) is 51.8 Å². The van der Waals surface area contributed by atoms with Crippen LogP contribution in [-0.2, 0) is 6.42 Å². The lowest BCUT2D eigenvalue weighted by molar-refractivity contribution is -0.134. The molecule has 0 unspecified atom stereocenters. The summed E-state index contributed by atoms with van der Waals surface area (Å²) in [5.74, 6) is -0.116. The van der Waals surface area contributed by atoms with Crippen molar-refractivity contribution in [3.8, 4) is 0 Å². The van der Waals surface area contributed by atoms with Gasteiger partial charge in [-0.25, -0.2) is 9.97 Å². The maximum absolute atomic E-state index is 11.8. The summed E-state index contributed by atoms with van der Waals surface area (Å²) >= 11 is 5.49. The van der Waals surface area contributed by atoms with E-state index in [0.29, 0.717) is 0 Å². The zero-order valence-electron chi connectivity index (χ0n) is 6.98. The Morgan fingerprint density at radius 3 is 2.50 bits per heavy atom. The fraction of sp³-hybridized carbons (Fsp3) is 0.429. The SMILES string of the molecule is Nc1nc(Cl)cc(CCC(F)(F)F)n1. The Bertz CT molecular complexity index is 306. The molecular formula is C7H7ClF3N3. The number of nitrogens with zero attached hydrogens (tertiary/aromatic N) is 2. The van der Waals surface area contributed by atoms with Crippen LogP contribution in [0.15, 0.2) is 6.07 Å². The molecule has 1 rings (SSSR count). The van der Waals surface area contributed by atoms with E-state index in [1.807, 2.05) is 0 Å². The maximum atomic E-state index is 11.8.